The number of piperidine rings is 1. The van der Waals surface area contributed by atoms with Gasteiger partial charge in [0.15, 0.2) is 11.5 Å². The molecule has 0 aromatic heterocycles. The maximum atomic E-state index is 13.6. The summed E-state index contributed by atoms with van der Waals surface area (Å²) in [7, 11) is 0. The van der Waals surface area contributed by atoms with Crippen molar-refractivity contribution in [3.05, 3.63) is 33.9 Å². The minimum atomic E-state index is -1.16. The van der Waals surface area contributed by atoms with Crippen molar-refractivity contribution in [2.75, 3.05) is 18.4 Å². The van der Waals surface area contributed by atoms with Gasteiger partial charge in [-0.05, 0) is 19.4 Å². The first-order valence-corrected chi connectivity index (χ1v) is 6.14. The van der Waals surface area contributed by atoms with E-state index in [1.54, 1.807) is 0 Å². The van der Waals surface area contributed by atoms with E-state index in [4.69, 9.17) is 0 Å². The number of anilines is 1. The number of nitrogens with zero attached hydrogens (tertiary/aromatic N) is 1. The van der Waals surface area contributed by atoms with Crippen LogP contribution in [0.1, 0.15) is 12.8 Å². The van der Waals surface area contributed by atoms with Crippen LogP contribution in [0, 0.1) is 27.7 Å². The SMILES string of the molecule is O=C(Nc1c(F)cc(F)cc1[N+](=O)[O-])C1CCCNC1. The van der Waals surface area contributed by atoms with Gasteiger partial charge in [-0.25, -0.2) is 8.78 Å². The van der Waals surface area contributed by atoms with Gasteiger partial charge in [0.2, 0.25) is 5.91 Å². The molecule has 1 aliphatic rings. The molecule has 1 heterocycles. The molecule has 0 bridgehead atoms. The number of benzene rings is 1. The molecule has 108 valence electrons. The molecule has 1 saturated heterocycles. The number of carbonyl (C=O) groups is 1. The Hall–Kier alpha value is -2.09. The summed E-state index contributed by atoms with van der Waals surface area (Å²) in [6.07, 6.45) is 1.42. The largest absolute Gasteiger partial charge is 0.318 e. The first kappa shape index (κ1) is 14.3. The standard InChI is InChI=1S/C12H13F2N3O3/c13-8-4-9(14)11(10(5-8)17(19)20)16-12(18)7-2-1-3-15-6-7/h4-5,7,15H,1-3,6H2,(H,16,18). The minimum Gasteiger partial charge on any atom is -0.318 e. The van der Waals surface area contributed by atoms with Gasteiger partial charge in [0.1, 0.15) is 5.82 Å². The lowest BCUT2D eigenvalue weighted by atomic mass is 9.98. The molecule has 0 spiro atoms. The van der Waals surface area contributed by atoms with E-state index in [9.17, 15) is 23.7 Å². The highest BCUT2D eigenvalue weighted by Gasteiger charge is 2.26. The normalized spacial score (nSPS) is 18.6. The lowest BCUT2D eigenvalue weighted by molar-refractivity contribution is -0.384. The van der Waals surface area contributed by atoms with Crippen molar-refractivity contribution < 1.29 is 18.5 Å². The zero-order valence-corrected chi connectivity index (χ0v) is 10.5. The van der Waals surface area contributed by atoms with Crippen molar-refractivity contribution >= 4 is 17.3 Å². The van der Waals surface area contributed by atoms with Crippen LogP contribution in [0.25, 0.3) is 0 Å². The second kappa shape index (κ2) is 5.91. The van der Waals surface area contributed by atoms with Gasteiger partial charge in [0, 0.05) is 12.6 Å². The van der Waals surface area contributed by atoms with Gasteiger partial charge in [-0.1, -0.05) is 0 Å². The van der Waals surface area contributed by atoms with Crippen LogP contribution in [0.3, 0.4) is 0 Å². The molecule has 0 radical (unpaired) electrons. The van der Waals surface area contributed by atoms with E-state index in [0.29, 0.717) is 25.1 Å². The fourth-order valence-electron chi connectivity index (χ4n) is 2.13. The second-order valence-electron chi connectivity index (χ2n) is 4.57. The Morgan fingerprint density at radius 2 is 2.20 bits per heavy atom. The number of hydrogen-bond acceptors (Lipinski definition) is 4. The van der Waals surface area contributed by atoms with Crippen molar-refractivity contribution in [2.24, 2.45) is 5.92 Å². The van der Waals surface area contributed by atoms with Crippen LogP contribution in [0.4, 0.5) is 20.2 Å². The molecule has 1 atom stereocenters. The summed E-state index contributed by atoms with van der Waals surface area (Å²) in [6.45, 7) is 1.23. The molecule has 1 aliphatic heterocycles. The van der Waals surface area contributed by atoms with Gasteiger partial charge < -0.3 is 10.6 Å². The molecule has 1 amide bonds. The number of amides is 1. The first-order chi connectivity index (χ1) is 9.49. The van der Waals surface area contributed by atoms with Crippen molar-refractivity contribution in [2.45, 2.75) is 12.8 Å². The van der Waals surface area contributed by atoms with E-state index in [2.05, 4.69) is 10.6 Å². The van der Waals surface area contributed by atoms with E-state index >= 15 is 0 Å². The summed E-state index contributed by atoms with van der Waals surface area (Å²) in [6, 6.07) is 1.08. The lowest BCUT2D eigenvalue weighted by Gasteiger charge is -2.21. The fraction of sp³-hybridized carbons (Fsp3) is 0.417. The summed E-state index contributed by atoms with van der Waals surface area (Å²) in [5.74, 6) is -3.11. The Kier molecular flexibility index (Phi) is 4.23. The number of hydrogen-bond donors (Lipinski definition) is 2. The summed E-state index contributed by atoms with van der Waals surface area (Å²) in [4.78, 5) is 21.8. The van der Waals surface area contributed by atoms with Gasteiger partial charge in [0.05, 0.1) is 16.9 Å². The van der Waals surface area contributed by atoms with Crippen LogP contribution in [0.5, 0.6) is 0 Å². The molecule has 2 rings (SSSR count). The zero-order valence-electron chi connectivity index (χ0n) is 10.5. The van der Waals surface area contributed by atoms with Gasteiger partial charge in [0.25, 0.3) is 5.69 Å². The predicted molar refractivity (Wildman–Crippen MR) is 67.2 cm³/mol. The maximum absolute atomic E-state index is 13.6. The molecular weight excluding hydrogens is 272 g/mol. The topological polar surface area (TPSA) is 84.3 Å². The highest BCUT2D eigenvalue weighted by atomic mass is 19.1. The smallest absolute Gasteiger partial charge is 0.298 e. The average Bonchev–Trinajstić information content (AvgIpc) is 2.42. The van der Waals surface area contributed by atoms with Crippen LogP contribution in [0.15, 0.2) is 12.1 Å². The summed E-state index contributed by atoms with van der Waals surface area (Å²) < 4.78 is 26.6. The molecular formula is C12H13F2N3O3. The minimum absolute atomic E-state index is 0.382. The zero-order chi connectivity index (χ0) is 14.7. The molecule has 1 fully saturated rings. The van der Waals surface area contributed by atoms with Gasteiger partial charge in [-0.3, -0.25) is 14.9 Å². The molecule has 1 aromatic carbocycles. The Labute approximate surface area is 113 Å². The molecule has 0 saturated carbocycles. The highest BCUT2D eigenvalue weighted by molar-refractivity contribution is 5.95. The van der Waals surface area contributed by atoms with Crippen LogP contribution in [-0.2, 0) is 4.79 Å². The van der Waals surface area contributed by atoms with Crippen molar-refractivity contribution in [1.82, 2.24) is 5.32 Å². The van der Waals surface area contributed by atoms with Gasteiger partial charge >= 0.3 is 0 Å². The number of halogens is 2. The Morgan fingerprint density at radius 3 is 2.80 bits per heavy atom. The Balaban J connectivity index is 2.23. The average molecular weight is 285 g/mol. The number of nitro benzene ring substituents is 1. The molecule has 2 N–H and O–H groups in total. The summed E-state index contributed by atoms with van der Waals surface area (Å²) >= 11 is 0. The van der Waals surface area contributed by atoms with Crippen LogP contribution in [-0.4, -0.2) is 23.9 Å². The van der Waals surface area contributed by atoms with E-state index < -0.39 is 33.8 Å². The monoisotopic (exact) mass is 285 g/mol. The van der Waals surface area contributed by atoms with E-state index in [1.165, 1.54) is 0 Å². The van der Waals surface area contributed by atoms with Crippen molar-refractivity contribution in [1.29, 1.82) is 0 Å². The summed E-state index contributed by atoms with van der Waals surface area (Å²) in [5, 5.41) is 16.0. The first-order valence-electron chi connectivity index (χ1n) is 6.14. The number of nitro groups is 1. The third kappa shape index (κ3) is 3.08. The van der Waals surface area contributed by atoms with Crippen LogP contribution >= 0.6 is 0 Å². The molecule has 20 heavy (non-hydrogen) atoms. The summed E-state index contributed by atoms with van der Waals surface area (Å²) in [5.41, 5.74) is -1.38. The molecule has 0 aliphatic carbocycles. The van der Waals surface area contributed by atoms with E-state index in [-0.39, 0.29) is 5.92 Å². The third-order valence-corrected chi connectivity index (χ3v) is 3.15. The van der Waals surface area contributed by atoms with Crippen LogP contribution < -0.4 is 10.6 Å². The number of nitrogens with one attached hydrogen (secondary N) is 2. The fourth-order valence-corrected chi connectivity index (χ4v) is 2.13. The maximum Gasteiger partial charge on any atom is 0.298 e. The number of rotatable bonds is 3. The molecule has 1 unspecified atom stereocenters. The van der Waals surface area contributed by atoms with E-state index in [0.717, 1.165) is 13.0 Å². The highest BCUT2D eigenvalue weighted by Crippen LogP contribution is 2.29. The quantitative estimate of drug-likeness (QED) is 0.655. The van der Waals surface area contributed by atoms with Gasteiger partial charge in [-0.2, -0.15) is 0 Å². The second-order valence-corrected chi connectivity index (χ2v) is 4.57. The lowest BCUT2D eigenvalue weighted by Crippen LogP contribution is -2.37. The van der Waals surface area contributed by atoms with Gasteiger partial charge in [-0.15, -0.1) is 0 Å². The van der Waals surface area contributed by atoms with Crippen LogP contribution in [0.2, 0.25) is 0 Å². The third-order valence-electron chi connectivity index (χ3n) is 3.15. The van der Waals surface area contributed by atoms with E-state index in [1.807, 2.05) is 0 Å². The Morgan fingerprint density at radius 1 is 1.45 bits per heavy atom. The molecule has 8 heteroatoms. The number of carbonyl (C=O) groups excluding carboxylic acids is 1. The van der Waals surface area contributed by atoms with Crippen molar-refractivity contribution in [3.63, 3.8) is 0 Å². The van der Waals surface area contributed by atoms with Crippen molar-refractivity contribution in [3.8, 4) is 0 Å². The molecule has 6 nitrogen and oxygen atoms in total. The predicted octanol–water partition coefficient (Wildman–Crippen LogP) is 1.81. The Bertz CT molecular complexity index is 545. The molecule has 1 aromatic rings.